The molecule has 0 spiro atoms. The lowest BCUT2D eigenvalue weighted by Gasteiger charge is -2.44. The summed E-state index contributed by atoms with van der Waals surface area (Å²) >= 11 is 3.51. The van der Waals surface area contributed by atoms with Gasteiger partial charge in [-0.2, -0.15) is 0 Å². The van der Waals surface area contributed by atoms with Crippen LogP contribution in [0.5, 0.6) is 5.75 Å². The van der Waals surface area contributed by atoms with Crippen molar-refractivity contribution in [3.63, 3.8) is 0 Å². The molecule has 2 atom stereocenters. The van der Waals surface area contributed by atoms with Crippen LogP contribution in [0.2, 0.25) is 0 Å². The van der Waals surface area contributed by atoms with Gasteiger partial charge in [0.1, 0.15) is 12.3 Å². The van der Waals surface area contributed by atoms with Crippen LogP contribution in [0.15, 0.2) is 63.7 Å². The van der Waals surface area contributed by atoms with E-state index >= 15 is 0 Å². The Hall–Kier alpha value is -3.96. The van der Waals surface area contributed by atoms with Gasteiger partial charge < -0.3 is 18.6 Å². The van der Waals surface area contributed by atoms with Gasteiger partial charge in [0, 0.05) is 64.4 Å². The van der Waals surface area contributed by atoms with Gasteiger partial charge in [0.05, 0.1) is 30.8 Å². The summed E-state index contributed by atoms with van der Waals surface area (Å²) in [4.78, 5) is 23.3. The summed E-state index contributed by atoms with van der Waals surface area (Å²) in [6.45, 7) is 8.84. The second-order valence-corrected chi connectivity index (χ2v) is 14.0. The van der Waals surface area contributed by atoms with Gasteiger partial charge in [0.15, 0.2) is 5.76 Å². The molecule has 0 N–H and O–H groups in total. The number of hydrogen-bond acceptors (Lipinski definition) is 7. The van der Waals surface area contributed by atoms with Crippen LogP contribution in [0.3, 0.4) is 0 Å². The Morgan fingerprint density at radius 3 is 2.57 bits per heavy atom. The molecule has 1 aliphatic heterocycles. The van der Waals surface area contributed by atoms with E-state index < -0.39 is 0 Å². The third kappa shape index (κ3) is 6.35. The molecule has 10 nitrogen and oxygen atoms in total. The highest BCUT2D eigenvalue weighted by molar-refractivity contribution is 9.10. The predicted molar refractivity (Wildman–Crippen MR) is 184 cm³/mol. The van der Waals surface area contributed by atoms with Crippen LogP contribution in [-0.2, 0) is 13.1 Å². The van der Waals surface area contributed by atoms with Crippen molar-refractivity contribution in [3.8, 4) is 17.1 Å². The van der Waals surface area contributed by atoms with Gasteiger partial charge in [-0.25, -0.2) is 9.67 Å². The van der Waals surface area contributed by atoms with E-state index in [9.17, 15) is 4.79 Å². The number of carbonyl (C=O) groups excluding carboxylic acids is 1. The van der Waals surface area contributed by atoms with Crippen LogP contribution >= 0.6 is 15.9 Å². The molecule has 0 radical (unpaired) electrons. The van der Waals surface area contributed by atoms with Crippen molar-refractivity contribution in [3.05, 3.63) is 82.2 Å². The summed E-state index contributed by atoms with van der Waals surface area (Å²) in [5.74, 6) is 2.17. The quantitative estimate of drug-likeness (QED) is 0.168. The first-order valence-electron chi connectivity index (χ1n) is 16.6. The maximum atomic E-state index is 14.4. The average molecular weight is 701 g/mol. The first-order chi connectivity index (χ1) is 22.8. The Labute approximate surface area is 283 Å². The maximum absolute atomic E-state index is 14.4. The SMILES string of the molecule is COc1ccc2c(c1)c(C(=O)N1C[C@@H](C)N(Cc3cn(Cc4ncc(-c5cccc(Br)c5)o4)nn3)[C@@H](C)C1)c(C)n2C1CCCCC1. The molecular formula is C36H42BrN7O3. The number of hydrogen-bond donors (Lipinski definition) is 0. The summed E-state index contributed by atoms with van der Waals surface area (Å²) in [6.07, 6.45) is 9.78. The fourth-order valence-electron chi connectivity index (χ4n) is 7.59. The van der Waals surface area contributed by atoms with E-state index in [1.54, 1.807) is 18.0 Å². The normalized spacial score (nSPS) is 19.5. The van der Waals surface area contributed by atoms with Crippen LogP contribution in [0.4, 0.5) is 0 Å². The van der Waals surface area contributed by atoms with Crippen LogP contribution in [0.25, 0.3) is 22.2 Å². The number of benzene rings is 2. The number of fused-ring (bicyclic) bond motifs is 1. The molecule has 4 heterocycles. The van der Waals surface area contributed by atoms with Gasteiger partial charge in [-0.3, -0.25) is 9.69 Å². The van der Waals surface area contributed by atoms with Crippen molar-refractivity contribution < 1.29 is 13.9 Å². The van der Waals surface area contributed by atoms with Crippen molar-refractivity contribution in [2.45, 2.75) is 84.1 Å². The third-order valence-corrected chi connectivity index (χ3v) is 10.4. The zero-order chi connectivity index (χ0) is 32.7. The molecule has 1 saturated carbocycles. The molecule has 2 aromatic carbocycles. The highest BCUT2D eigenvalue weighted by Crippen LogP contribution is 2.38. The van der Waals surface area contributed by atoms with Crippen molar-refractivity contribution >= 4 is 32.7 Å². The highest BCUT2D eigenvalue weighted by atomic mass is 79.9. The number of halogens is 1. The van der Waals surface area contributed by atoms with Crippen molar-refractivity contribution in [2.24, 2.45) is 0 Å². The van der Waals surface area contributed by atoms with Gasteiger partial charge in [-0.1, -0.05) is 52.5 Å². The maximum Gasteiger partial charge on any atom is 0.256 e. The molecule has 2 aliphatic rings. The molecule has 1 saturated heterocycles. The van der Waals surface area contributed by atoms with Gasteiger partial charge in [-0.15, -0.1) is 5.10 Å². The molecule has 1 aliphatic carbocycles. The van der Waals surface area contributed by atoms with Gasteiger partial charge >= 0.3 is 0 Å². The van der Waals surface area contributed by atoms with Gasteiger partial charge in [0.2, 0.25) is 5.89 Å². The minimum atomic E-state index is 0.104. The summed E-state index contributed by atoms with van der Waals surface area (Å²) in [5.41, 5.74) is 4.85. The van der Waals surface area contributed by atoms with E-state index in [1.165, 1.54) is 19.3 Å². The summed E-state index contributed by atoms with van der Waals surface area (Å²) in [6, 6.07) is 14.9. The Morgan fingerprint density at radius 1 is 1.04 bits per heavy atom. The minimum absolute atomic E-state index is 0.104. The average Bonchev–Trinajstić information content (AvgIpc) is 3.80. The van der Waals surface area contributed by atoms with E-state index in [1.807, 2.05) is 47.5 Å². The lowest BCUT2D eigenvalue weighted by molar-refractivity contribution is 0.0264. The van der Waals surface area contributed by atoms with Gasteiger partial charge in [0.25, 0.3) is 5.91 Å². The molecule has 47 heavy (non-hydrogen) atoms. The van der Waals surface area contributed by atoms with E-state index in [-0.39, 0.29) is 18.0 Å². The molecular weight excluding hydrogens is 658 g/mol. The summed E-state index contributed by atoms with van der Waals surface area (Å²) in [7, 11) is 1.68. The first kappa shape index (κ1) is 31.6. The molecule has 11 heteroatoms. The van der Waals surface area contributed by atoms with E-state index in [0.29, 0.717) is 43.9 Å². The Morgan fingerprint density at radius 2 is 1.83 bits per heavy atom. The predicted octanol–water partition coefficient (Wildman–Crippen LogP) is 7.26. The number of nitrogens with zero attached hydrogens (tertiary/aromatic N) is 7. The van der Waals surface area contributed by atoms with Crippen molar-refractivity contribution in [1.29, 1.82) is 0 Å². The van der Waals surface area contributed by atoms with Crippen molar-refractivity contribution in [1.82, 2.24) is 34.3 Å². The molecule has 2 fully saturated rings. The third-order valence-electron chi connectivity index (χ3n) is 9.89. The second kappa shape index (κ2) is 13.3. The first-order valence-corrected chi connectivity index (χ1v) is 17.4. The van der Waals surface area contributed by atoms with Crippen LogP contribution < -0.4 is 4.74 Å². The Bertz CT molecular complexity index is 1880. The zero-order valence-corrected chi connectivity index (χ0v) is 29.1. The fraction of sp³-hybridized carbons (Fsp3) is 0.444. The highest BCUT2D eigenvalue weighted by Gasteiger charge is 2.35. The smallest absolute Gasteiger partial charge is 0.256 e. The number of ether oxygens (including phenoxy) is 1. The number of carbonyl (C=O) groups is 1. The molecule has 0 bridgehead atoms. The number of oxazole rings is 1. The Kier molecular flexibility index (Phi) is 8.93. The van der Waals surface area contributed by atoms with Gasteiger partial charge in [-0.05, 0) is 63.9 Å². The molecule has 3 aromatic heterocycles. The van der Waals surface area contributed by atoms with Crippen LogP contribution in [0.1, 0.15) is 79.6 Å². The fourth-order valence-corrected chi connectivity index (χ4v) is 7.99. The summed E-state index contributed by atoms with van der Waals surface area (Å²) < 4.78 is 16.8. The van der Waals surface area contributed by atoms with Crippen LogP contribution in [-0.4, -0.2) is 72.5 Å². The summed E-state index contributed by atoms with van der Waals surface area (Å²) in [5, 5.41) is 9.81. The largest absolute Gasteiger partial charge is 0.497 e. The molecule has 246 valence electrons. The monoisotopic (exact) mass is 699 g/mol. The number of piperazine rings is 1. The molecule has 0 unspecified atom stereocenters. The standard InChI is InChI=1S/C36H42BrN7O3/c1-23-18-41(36(45)35-25(3)44(29-11-6-5-7-12-29)32-14-13-30(46-4)16-31(32)35)19-24(2)43(23)21-28-20-42(40-39-28)22-34-38-17-33(47-34)26-9-8-10-27(37)15-26/h8-10,13-17,20,23-24,29H,5-7,11-12,18-19,21-22H2,1-4H3/t23-,24+. The zero-order valence-electron chi connectivity index (χ0n) is 27.5. The topological polar surface area (TPSA) is 94.4 Å². The Balaban J connectivity index is 1.05. The number of rotatable bonds is 8. The molecule has 1 amide bonds. The van der Waals surface area contributed by atoms with Crippen molar-refractivity contribution in [2.75, 3.05) is 20.2 Å². The van der Waals surface area contributed by atoms with E-state index in [2.05, 4.69) is 67.5 Å². The number of methoxy groups -OCH3 is 1. The lowest BCUT2D eigenvalue weighted by Crippen LogP contribution is -2.57. The molecule has 7 rings (SSSR count). The van der Waals surface area contributed by atoms with E-state index in [0.717, 1.165) is 56.5 Å². The number of aromatic nitrogens is 5. The molecule has 5 aromatic rings. The minimum Gasteiger partial charge on any atom is -0.497 e. The van der Waals surface area contributed by atoms with Crippen LogP contribution in [0, 0.1) is 6.92 Å². The lowest BCUT2D eigenvalue weighted by atomic mass is 9.95. The second-order valence-electron chi connectivity index (χ2n) is 13.1. The van der Waals surface area contributed by atoms with E-state index in [4.69, 9.17) is 9.15 Å². The number of amides is 1.